The molecule has 0 spiro atoms. The van der Waals surface area contributed by atoms with E-state index in [1.807, 2.05) is 24.3 Å². The maximum atomic E-state index is 9.92. The molecule has 0 unspecified atom stereocenters. The first kappa shape index (κ1) is 23.0. The average Bonchev–Trinajstić information content (AvgIpc) is 3.46. The number of nitrogens with two attached hydrogens (primary N) is 1. The Morgan fingerprint density at radius 1 is 1.27 bits per heavy atom. The van der Waals surface area contributed by atoms with Crippen LogP contribution >= 0.6 is 0 Å². The molecule has 9 heteroatoms. The summed E-state index contributed by atoms with van der Waals surface area (Å²) >= 11 is 0. The van der Waals surface area contributed by atoms with Gasteiger partial charge in [0.2, 0.25) is 5.76 Å². The predicted molar refractivity (Wildman–Crippen MR) is 122 cm³/mol. The van der Waals surface area contributed by atoms with Gasteiger partial charge >= 0.3 is 0 Å². The molecular weight excluding hydrogens is 422 g/mol. The summed E-state index contributed by atoms with van der Waals surface area (Å²) in [5.74, 6) is 7.82. The minimum Gasteiger partial charge on any atom is -0.488 e. The summed E-state index contributed by atoms with van der Waals surface area (Å²) in [6.45, 7) is 4.83. The summed E-state index contributed by atoms with van der Waals surface area (Å²) in [6, 6.07) is 9.09. The first-order valence-electron chi connectivity index (χ1n) is 11.1. The molecule has 4 N–H and O–H groups in total. The minimum atomic E-state index is -0.721. The van der Waals surface area contributed by atoms with Crippen LogP contribution in [0.15, 0.2) is 47.2 Å². The van der Waals surface area contributed by atoms with Crippen LogP contribution in [0.3, 0.4) is 0 Å². The smallest absolute Gasteiger partial charge is 0.210 e. The minimum absolute atomic E-state index is 0.188. The first-order chi connectivity index (χ1) is 16.1. The quantitative estimate of drug-likeness (QED) is 0.416. The summed E-state index contributed by atoms with van der Waals surface area (Å²) in [6.07, 6.45) is 3.65. The van der Waals surface area contributed by atoms with Crippen molar-refractivity contribution in [1.82, 2.24) is 19.6 Å². The summed E-state index contributed by atoms with van der Waals surface area (Å²) in [5, 5.41) is 22.9. The number of rotatable bonds is 9. The van der Waals surface area contributed by atoms with Crippen LogP contribution in [0.25, 0.3) is 0 Å². The van der Waals surface area contributed by atoms with Crippen molar-refractivity contribution in [2.45, 2.75) is 31.6 Å². The van der Waals surface area contributed by atoms with E-state index in [-0.39, 0.29) is 25.3 Å². The van der Waals surface area contributed by atoms with Gasteiger partial charge in [-0.05, 0) is 43.5 Å². The maximum Gasteiger partial charge on any atom is 0.210 e. The molecule has 1 aromatic carbocycles. The Bertz CT molecular complexity index is 1090. The topological polar surface area (TPSA) is 123 Å². The second-order valence-corrected chi connectivity index (χ2v) is 8.09. The number of imidazole rings is 1. The van der Waals surface area contributed by atoms with Crippen molar-refractivity contribution >= 4 is 0 Å². The Kier molecular flexibility index (Phi) is 7.42. The third kappa shape index (κ3) is 5.61. The molecule has 3 aromatic rings. The molecule has 0 saturated carbocycles. The second kappa shape index (κ2) is 10.6. The van der Waals surface area contributed by atoms with Crippen molar-refractivity contribution < 1.29 is 19.5 Å². The summed E-state index contributed by atoms with van der Waals surface area (Å²) in [5.41, 5.74) is 7.42. The third-order valence-corrected chi connectivity index (χ3v) is 5.54. The van der Waals surface area contributed by atoms with Gasteiger partial charge in [-0.25, -0.2) is 4.98 Å². The molecule has 33 heavy (non-hydrogen) atoms. The maximum absolute atomic E-state index is 9.92. The van der Waals surface area contributed by atoms with Crippen molar-refractivity contribution in [3.63, 3.8) is 0 Å². The molecule has 0 aliphatic carbocycles. The van der Waals surface area contributed by atoms with Gasteiger partial charge in [-0.2, -0.15) is 0 Å². The Hall–Kier alpha value is -3.16. The molecule has 0 radical (unpaired) electrons. The van der Waals surface area contributed by atoms with E-state index in [2.05, 4.69) is 26.9 Å². The number of ether oxygens (including phenoxy) is 1. The molecule has 0 bridgehead atoms. The Morgan fingerprint density at radius 3 is 2.76 bits per heavy atom. The van der Waals surface area contributed by atoms with Crippen LogP contribution in [0.4, 0.5) is 0 Å². The number of benzene rings is 1. The van der Waals surface area contributed by atoms with Crippen molar-refractivity contribution in [1.29, 1.82) is 0 Å². The fourth-order valence-electron chi connectivity index (χ4n) is 3.81. The van der Waals surface area contributed by atoms with Gasteiger partial charge in [-0.3, -0.25) is 4.90 Å². The van der Waals surface area contributed by atoms with E-state index in [0.717, 1.165) is 37.4 Å². The van der Waals surface area contributed by atoms with E-state index in [0.29, 0.717) is 17.3 Å². The molecule has 1 saturated heterocycles. The average molecular weight is 452 g/mol. The van der Waals surface area contributed by atoms with E-state index in [1.54, 1.807) is 30.0 Å². The molecule has 1 fully saturated rings. The molecule has 2 atom stereocenters. The van der Waals surface area contributed by atoms with Gasteiger partial charge in [-0.15, -0.1) is 0 Å². The number of likely N-dealkylation sites (tertiary alicyclic amines) is 1. The predicted octanol–water partition coefficient (Wildman–Crippen LogP) is 1.32. The molecule has 9 nitrogen and oxygen atoms in total. The van der Waals surface area contributed by atoms with Crippen LogP contribution in [0.1, 0.15) is 48.3 Å². The highest BCUT2D eigenvalue weighted by atomic mass is 16.5. The van der Waals surface area contributed by atoms with Crippen LogP contribution in [0.5, 0.6) is 5.75 Å². The summed E-state index contributed by atoms with van der Waals surface area (Å²) in [7, 11) is 0. The highest BCUT2D eigenvalue weighted by Gasteiger charge is 2.27. The highest BCUT2D eigenvalue weighted by Crippen LogP contribution is 2.22. The monoisotopic (exact) mass is 451 g/mol. The molecule has 1 aliphatic heterocycles. The van der Waals surface area contributed by atoms with Gasteiger partial charge in [0.15, 0.2) is 0 Å². The summed E-state index contributed by atoms with van der Waals surface area (Å²) < 4.78 is 13.1. The fraction of sp³-hybridized carbons (Fsp3) is 0.417. The zero-order chi connectivity index (χ0) is 23.2. The lowest BCUT2D eigenvalue weighted by molar-refractivity contribution is 0.0167. The number of hydrogen-bond donors (Lipinski definition) is 3. The lowest BCUT2D eigenvalue weighted by atomic mass is 10.1. The van der Waals surface area contributed by atoms with Crippen LogP contribution in [-0.2, 0) is 0 Å². The van der Waals surface area contributed by atoms with Gasteiger partial charge in [0.05, 0.1) is 6.04 Å². The van der Waals surface area contributed by atoms with Gasteiger partial charge in [0.25, 0.3) is 0 Å². The standard InChI is InChI=1S/C24H29N5O4/c1-17(31)24-26-9-11-29(24)23(14-25)22-13-20(33-27-22)8-5-18-3-6-19(7-4-18)32-21-15-28(16-21)10-2-12-30/h3-4,6-7,9,11,13,17,21,23,30-31H,2,10,12,14-16,25H2,1H3/t17-,23+/m0/s1. The first-order valence-corrected chi connectivity index (χ1v) is 11.1. The zero-order valence-electron chi connectivity index (χ0n) is 18.6. The van der Waals surface area contributed by atoms with Crippen LogP contribution < -0.4 is 10.5 Å². The van der Waals surface area contributed by atoms with Gasteiger partial charge < -0.3 is 29.8 Å². The zero-order valence-corrected chi connectivity index (χ0v) is 18.6. The van der Waals surface area contributed by atoms with Crippen molar-refractivity contribution in [3.8, 4) is 17.6 Å². The van der Waals surface area contributed by atoms with Crippen LogP contribution in [-0.4, -0.2) is 68.7 Å². The Morgan fingerprint density at radius 2 is 2.06 bits per heavy atom. The van der Waals surface area contributed by atoms with E-state index >= 15 is 0 Å². The number of aliphatic hydroxyl groups excluding tert-OH is 2. The molecule has 3 heterocycles. The second-order valence-electron chi connectivity index (χ2n) is 8.09. The number of aromatic nitrogens is 3. The molecular formula is C24H29N5O4. The van der Waals surface area contributed by atoms with Crippen molar-refractivity contribution in [2.24, 2.45) is 5.73 Å². The van der Waals surface area contributed by atoms with Gasteiger partial charge in [0, 0.05) is 56.8 Å². The van der Waals surface area contributed by atoms with Gasteiger partial charge in [0.1, 0.15) is 29.5 Å². The van der Waals surface area contributed by atoms with E-state index < -0.39 is 6.10 Å². The number of aliphatic hydroxyl groups is 2. The SMILES string of the molecule is C[C@H](O)c1nccn1[C@H](CN)c1cc(C#Cc2ccc(OC3CN(CCCO)C3)cc2)on1. The lowest BCUT2D eigenvalue weighted by Gasteiger charge is -2.38. The Labute approximate surface area is 192 Å². The van der Waals surface area contributed by atoms with E-state index in [9.17, 15) is 5.11 Å². The molecule has 4 rings (SSSR count). The normalized spacial score (nSPS) is 16.0. The fourth-order valence-corrected chi connectivity index (χ4v) is 3.81. The van der Waals surface area contributed by atoms with Crippen molar-refractivity contribution in [3.05, 3.63) is 65.6 Å². The third-order valence-electron chi connectivity index (χ3n) is 5.54. The largest absolute Gasteiger partial charge is 0.488 e. The summed E-state index contributed by atoms with van der Waals surface area (Å²) in [4.78, 5) is 6.46. The lowest BCUT2D eigenvalue weighted by Crippen LogP contribution is -2.53. The highest BCUT2D eigenvalue weighted by molar-refractivity contribution is 5.42. The molecule has 2 aromatic heterocycles. The molecule has 0 amide bonds. The van der Waals surface area contributed by atoms with Gasteiger partial charge in [-0.1, -0.05) is 11.1 Å². The number of hydrogen-bond acceptors (Lipinski definition) is 8. The molecule has 174 valence electrons. The van der Waals surface area contributed by atoms with Crippen LogP contribution in [0.2, 0.25) is 0 Å². The van der Waals surface area contributed by atoms with Crippen molar-refractivity contribution in [2.75, 3.05) is 32.8 Å². The van der Waals surface area contributed by atoms with Crippen LogP contribution in [0, 0.1) is 11.8 Å². The molecule has 1 aliphatic rings. The van der Waals surface area contributed by atoms with E-state index in [4.69, 9.17) is 20.1 Å². The van der Waals surface area contributed by atoms with E-state index in [1.165, 1.54) is 0 Å². The number of nitrogens with zero attached hydrogens (tertiary/aromatic N) is 4. The Balaban J connectivity index is 1.36.